The van der Waals surface area contributed by atoms with Crippen LogP contribution in [0.1, 0.15) is 41.9 Å². The normalized spacial score (nSPS) is 16.1. The lowest BCUT2D eigenvalue weighted by molar-refractivity contribution is 0.0945. The third-order valence-corrected chi connectivity index (χ3v) is 7.62. The van der Waals surface area contributed by atoms with Gasteiger partial charge in [0.05, 0.1) is 41.0 Å². The van der Waals surface area contributed by atoms with E-state index in [9.17, 15) is 9.18 Å². The van der Waals surface area contributed by atoms with Gasteiger partial charge >= 0.3 is 0 Å². The summed E-state index contributed by atoms with van der Waals surface area (Å²) in [6.45, 7) is 3.82. The van der Waals surface area contributed by atoms with E-state index < -0.39 is 5.95 Å². The molecule has 1 unspecified atom stereocenters. The summed E-state index contributed by atoms with van der Waals surface area (Å²) in [5, 5.41) is 3.96. The predicted molar refractivity (Wildman–Crippen MR) is 141 cm³/mol. The van der Waals surface area contributed by atoms with Crippen LogP contribution in [0, 0.1) is 11.9 Å². The number of ether oxygens (including phenoxy) is 1. The van der Waals surface area contributed by atoms with Crippen molar-refractivity contribution in [3.8, 4) is 17.3 Å². The van der Waals surface area contributed by atoms with E-state index in [1.165, 1.54) is 25.4 Å². The van der Waals surface area contributed by atoms with Crippen LogP contribution in [0.3, 0.4) is 0 Å². The van der Waals surface area contributed by atoms with Crippen molar-refractivity contribution >= 4 is 28.0 Å². The number of hydrogen-bond acceptors (Lipinski definition) is 5. The fourth-order valence-corrected chi connectivity index (χ4v) is 5.34. The van der Waals surface area contributed by atoms with Crippen molar-refractivity contribution in [2.45, 2.75) is 38.8 Å². The number of nitrogens with one attached hydrogen (secondary N) is 1. The second-order valence-electron chi connectivity index (χ2n) is 10.4. The summed E-state index contributed by atoms with van der Waals surface area (Å²) in [6, 6.07) is 10.0. The summed E-state index contributed by atoms with van der Waals surface area (Å²) in [6.07, 6.45) is 5.99. The van der Waals surface area contributed by atoms with Crippen LogP contribution >= 0.6 is 0 Å². The Hall–Kier alpha value is -4.21. The Kier molecular flexibility index (Phi) is 5.24. The van der Waals surface area contributed by atoms with Gasteiger partial charge in [0.2, 0.25) is 5.95 Å². The van der Waals surface area contributed by atoms with Gasteiger partial charge in [-0.3, -0.25) is 4.79 Å². The van der Waals surface area contributed by atoms with E-state index in [0.717, 1.165) is 46.1 Å². The first-order valence-corrected chi connectivity index (χ1v) is 13.0. The number of carbonyl (C=O) groups is 1. The smallest absolute Gasteiger partial charge is 0.253 e. The van der Waals surface area contributed by atoms with E-state index in [1.807, 2.05) is 36.7 Å². The maximum absolute atomic E-state index is 13.4. The minimum Gasteiger partial charge on any atom is -0.489 e. The number of carbonyl (C=O) groups excluding carboxylic acids is 1. The first-order chi connectivity index (χ1) is 18.5. The molecular weight excluding hydrogens is 485 g/mol. The van der Waals surface area contributed by atoms with Crippen LogP contribution in [0.25, 0.3) is 33.6 Å². The lowest BCUT2D eigenvalue weighted by atomic mass is 10.1. The van der Waals surface area contributed by atoms with Gasteiger partial charge in [-0.1, -0.05) is 12.1 Å². The number of amides is 1. The van der Waals surface area contributed by atoms with Crippen LogP contribution in [-0.4, -0.2) is 47.7 Å². The number of fused-ring (bicyclic) bond motifs is 3. The fourth-order valence-electron chi connectivity index (χ4n) is 5.34. The predicted octanol–water partition coefficient (Wildman–Crippen LogP) is 4.26. The maximum atomic E-state index is 13.4. The van der Waals surface area contributed by atoms with Crippen molar-refractivity contribution < 1.29 is 13.9 Å². The molecule has 1 saturated carbocycles. The second kappa shape index (κ2) is 8.68. The summed E-state index contributed by atoms with van der Waals surface area (Å²) >= 11 is 0. The Labute approximate surface area is 218 Å². The molecule has 38 heavy (non-hydrogen) atoms. The number of pyridine rings is 1. The van der Waals surface area contributed by atoms with Crippen molar-refractivity contribution in [3.05, 3.63) is 60.1 Å². The van der Waals surface area contributed by atoms with Gasteiger partial charge < -0.3 is 23.8 Å². The van der Waals surface area contributed by atoms with Gasteiger partial charge in [0.1, 0.15) is 17.9 Å². The van der Waals surface area contributed by atoms with Crippen molar-refractivity contribution in [2.75, 3.05) is 13.2 Å². The molecule has 9 nitrogen and oxygen atoms in total. The lowest BCUT2D eigenvalue weighted by Crippen LogP contribution is -2.32. The number of para-hydroxylation sites is 1. The van der Waals surface area contributed by atoms with Crippen molar-refractivity contribution in [3.63, 3.8) is 0 Å². The summed E-state index contributed by atoms with van der Waals surface area (Å²) in [4.78, 5) is 25.9. The van der Waals surface area contributed by atoms with E-state index in [0.29, 0.717) is 36.6 Å². The molecule has 10 heteroatoms. The number of halogens is 1. The minimum atomic E-state index is -0.500. The number of imidazole rings is 2. The highest BCUT2D eigenvalue weighted by molar-refractivity contribution is 5.99. The topological polar surface area (TPSA) is 91.8 Å². The number of hydrogen-bond donors (Lipinski definition) is 1. The fraction of sp³-hybridized carbons (Fsp3) is 0.357. The molecule has 5 aromatic rings. The standard InChI is InChI=1S/C28H28FN7O2/c1-16(35-13-24(29)31-15-35)14-38-23-5-3-4-18-10-22(36(25(18)23)12-17-6-7-17)27-33-21-11-19-20(8-9-30-28(19)37)32-26(21)34(27)2/h3-5,10-11,13,15-17H,6-9,12,14H2,1-2H3,(H,30,37). The van der Waals surface area contributed by atoms with Gasteiger partial charge in [-0.25, -0.2) is 15.0 Å². The summed E-state index contributed by atoms with van der Waals surface area (Å²) in [7, 11) is 1.98. The molecule has 4 aromatic heterocycles. The van der Waals surface area contributed by atoms with E-state index in [1.54, 1.807) is 4.57 Å². The van der Waals surface area contributed by atoms with Gasteiger partial charge in [-0.15, -0.1) is 0 Å². The SMILES string of the molecule is CC(COc1cccc2cc(-c3nc4cc5c(nc4n3C)CCNC5=O)n(CC3CC3)c12)n1cnc(F)c1. The highest BCUT2D eigenvalue weighted by Gasteiger charge is 2.28. The molecule has 1 fully saturated rings. The quantitative estimate of drug-likeness (QED) is 0.351. The zero-order chi connectivity index (χ0) is 26.0. The monoisotopic (exact) mass is 513 g/mol. The van der Waals surface area contributed by atoms with E-state index in [4.69, 9.17) is 14.7 Å². The van der Waals surface area contributed by atoms with Crippen LogP contribution in [0.5, 0.6) is 5.75 Å². The van der Waals surface area contributed by atoms with Gasteiger partial charge in [0, 0.05) is 31.9 Å². The molecular formula is C28H28FN7O2. The second-order valence-corrected chi connectivity index (χ2v) is 10.4. The van der Waals surface area contributed by atoms with Crippen LogP contribution in [0.15, 0.2) is 42.9 Å². The molecule has 0 saturated heterocycles. The molecule has 1 N–H and O–H groups in total. The molecule has 1 aliphatic carbocycles. The lowest BCUT2D eigenvalue weighted by Gasteiger charge is -2.17. The zero-order valence-electron chi connectivity index (χ0n) is 21.3. The summed E-state index contributed by atoms with van der Waals surface area (Å²) < 4.78 is 25.8. The van der Waals surface area contributed by atoms with Gasteiger partial charge in [0.15, 0.2) is 11.5 Å². The minimum absolute atomic E-state index is 0.0808. The number of benzene rings is 1. The van der Waals surface area contributed by atoms with Crippen LogP contribution in [0.2, 0.25) is 0 Å². The van der Waals surface area contributed by atoms with Crippen LogP contribution in [0.4, 0.5) is 4.39 Å². The molecule has 0 bridgehead atoms. The van der Waals surface area contributed by atoms with E-state index in [-0.39, 0.29) is 11.9 Å². The Morgan fingerprint density at radius 2 is 2.11 bits per heavy atom. The average molecular weight is 514 g/mol. The van der Waals surface area contributed by atoms with Crippen LogP contribution in [-0.2, 0) is 20.0 Å². The van der Waals surface area contributed by atoms with Crippen molar-refractivity contribution in [1.82, 2.24) is 34.0 Å². The number of aromatic nitrogens is 6. The number of aryl methyl sites for hydroxylation is 1. The van der Waals surface area contributed by atoms with Crippen molar-refractivity contribution in [1.29, 1.82) is 0 Å². The van der Waals surface area contributed by atoms with Gasteiger partial charge in [0.25, 0.3) is 5.91 Å². The molecule has 2 aliphatic rings. The first-order valence-electron chi connectivity index (χ1n) is 13.0. The first kappa shape index (κ1) is 22.9. The van der Waals surface area contributed by atoms with Crippen molar-refractivity contribution in [2.24, 2.45) is 13.0 Å². The third-order valence-electron chi connectivity index (χ3n) is 7.62. The molecule has 0 spiro atoms. The highest BCUT2D eigenvalue weighted by atomic mass is 19.1. The van der Waals surface area contributed by atoms with E-state index >= 15 is 0 Å². The van der Waals surface area contributed by atoms with Gasteiger partial charge in [-0.2, -0.15) is 4.39 Å². The maximum Gasteiger partial charge on any atom is 0.253 e. The van der Waals surface area contributed by atoms with Crippen LogP contribution < -0.4 is 10.1 Å². The molecule has 5 heterocycles. The molecule has 7 rings (SSSR count). The number of rotatable bonds is 7. The van der Waals surface area contributed by atoms with E-state index in [2.05, 4.69) is 27.0 Å². The van der Waals surface area contributed by atoms with Gasteiger partial charge in [-0.05, 0) is 43.9 Å². The molecule has 194 valence electrons. The average Bonchev–Trinajstić information content (AvgIpc) is 3.37. The highest BCUT2D eigenvalue weighted by Crippen LogP contribution is 2.39. The Morgan fingerprint density at radius 1 is 1.24 bits per heavy atom. The Balaban J connectivity index is 1.32. The summed E-state index contributed by atoms with van der Waals surface area (Å²) in [5.74, 6) is 1.62. The number of nitrogens with zero attached hydrogens (tertiary/aromatic N) is 6. The Bertz CT molecular complexity index is 1710. The molecule has 1 amide bonds. The molecule has 1 aliphatic heterocycles. The molecule has 1 atom stereocenters. The summed E-state index contributed by atoms with van der Waals surface area (Å²) in [5.41, 5.74) is 4.92. The molecule has 0 radical (unpaired) electrons. The third kappa shape index (κ3) is 3.82. The largest absolute Gasteiger partial charge is 0.489 e. The Morgan fingerprint density at radius 3 is 2.89 bits per heavy atom. The molecule has 1 aromatic carbocycles. The zero-order valence-corrected chi connectivity index (χ0v) is 21.3.